The lowest BCUT2D eigenvalue weighted by molar-refractivity contribution is -0.389. The third-order valence-corrected chi connectivity index (χ3v) is 3.41. The molecule has 1 unspecified atom stereocenters. The number of nitrogens with zero attached hydrogens (tertiary/aromatic N) is 3. The zero-order chi connectivity index (χ0) is 12.3. The van der Waals surface area contributed by atoms with E-state index in [4.69, 9.17) is 0 Å². The van der Waals surface area contributed by atoms with Crippen LogP contribution in [0.2, 0.25) is 0 Å². The fraction of sp³-hybridized carbons (Fsp3) is 0.700. The number of hydrogen-bond donors (Lipinski definition) is 0. The summed E-state index contributed by atoms with van der Waals surface area (Å²) in [5.74, 6) is 0.286. The van der Waals surface area contributed by atoms with E-state index in [1.54, 1.807) is 10.9 Å². The molecule has 5 nitrogen and oxygen atoms in total. The van der Waals surface area contributed by atoms with Crippen LogP contribution in [0.25, 0.3) is 0 Å². The summed E-state index contributed by atoms with van der Waals surface area (Å²) < 4.78 is 1.63. The zero-order valence-corrected chi connectivity index (χ0v) is 11.3. The fourth-order valence-electron chi connectivity index (χ4n) is 1.33. The van der Waals surface area contributed by atoms with E-state index >= 15 is 0 Å². The van der Waals surface area contributed by atoms with Crippen LogP contribution in [0, 0.1) is 21.4 Å². The van der Waals surface area contributed by atoms with Crippen LogP contribution < -0.4 is 0 Å². The predicted octanol–water partition coefficient (Wildman–Crippen LogP) is 2.85. The van der Waals surface area contributed by atoms with Crippen LogP contribution in [-0.4, -0.2) is 20.0 Å². The molecule has 0 spiro atoms. The summed E-state index contributed by atoms with van der Waals surface area (Å²) in [6, 6.07) is 1.42. The third-order valence-electron chi connectivity index (χ3n) is 2.63. The minimum atomic E-state index is -0.475. The summed E-state index contributed by atoms with van der Waals surface area (Å²) in [5, 5.41) is 15.2. The van der Waals surface area contributed by atoms with Crippen molar-refractivity contribution < 1.29 is 4.92 Å². The first-order valence-electron chi connectivity index (χ1n) is 5.08. The normalized spacial score (nSPS) is 13.8. The summed E-state index contributed by atoms with van der Waals surface area (Å²) in [6.07, 6.45) is 1.65. The second-order valence-corrected chi connectivity index (χ2v) is 5.52. The smallest absolute Gasteiger partial charge is 0.358 e. The summed E-state index contributed by atoms with van der Waals surface area (Å²) in [4.78, 5) is 10.0. The van der Waals surface area contributed by atoms with Crippen molar-refractivity contribution in [1.82, 2.24) is 9.78 Å². The van der Waals surface area contributed by atoms with Crippen LogP contribution in [0.4, 0.5) is 5.82 Å². The van der Waals surface area contributed by atoms with E-state index in [0.29, 0.717) is 12.5 Å². The molecule has 1 aromatic rings. The number of nitro groups is 1. The molecule has 0 aliphatic carbocycles. The Kier molecular flexibility index (Phi) is 4.07. The highest BCUT2D eigenvalue weighted by molar-refractivity contribution is 9.09. The van der Waals surface area contributed by atoms with Crippen molar-refractivity contribution >= 4 is 21.7 Å². The average molecular weight is 290 g/mol. The second kappa shape index (κ2) is 4.95. The summed E-state index contributed by atoms with van der Waals surface area (Å²) in [7, 11) is 0. The lowest BCUT2D eigenvalue weighted by Crippen LogP contribution is -2.26. The van der Waals surface area contributed by atoms with Crippen LogP contribution in [0.3, 0.4) is 0 Å². The van der Waals surface area contributed by atoms with Gasteiger partial charge in [0, 0.05) is 5.33 Å². The maximum atomic E-state index is 10.5. The first-order valence-corrected chi connectivity index (χ1v) is 6.20. The Hall–Kier alpha value is -0.910. The van der Waals surface area contributed by atoms with Crippen molar-refractivity contribution in [2.24, 2.45) is 11.3 Å². The van der Waals surface area contributed by atoms with Crippen molar-refractivity contribution in [3.63, 3.8) is 0 Å². The van der Waals surface area contributed by atoms with Gasteiger partial charge in [0.2, 0.25) is 0 Å². The first kappa shape index (κ1) is 13.2. The molecule has 1 rings (SSSR count). The average Bonchev–Trinajstić information content (AvgIpc) is 2.60. The van der Waals surface area contributed by atoms with E-state index in [2.05, 4.69) is 41.8 Å². The Morgan fingerprint density at radius 1 is 1.62 bits per heavy atom. The molecule has 0 radical (unpaired) electrons. The Morgan fingerprint density at radius 2 is 2.25 bits per heavy atom. The van der Waals surface area contributed by atoms with Crippen molar-refractivity contribution in [3.8, 4) is 0 Å². The first-order chi connectivity index (χ1) is 7.34. The highest BCUT2D eigenvalue weighted by atomic mass is 79.9. The van der Waals surface area contributed by atoms with Crippen molar-refractivity contribution in [2.45, 2.75) is 27.3 Å². The van der Waals surface area contributed by atoms with E-state index in [-0.39, 0.29) is 11.2 Å². The van der Waals surface area contributed by atoms with Gasteiger partial charge in [-0.15, -0.1) is 0 Å². The van der Waals surface area contributed by atoms with Gasteiger partial charge in [-0.3, -0.25) is 0 Å². The summed E-state index contributed by atoms with van der Waals surface area (Å²) >= 11 is 3.47. The van der Waals surface area contributed by atoms with E-state index in [9.17, 15) is 10.1 Å². The summed E-state index contributed by atoms with van der Waals surface area (Å²) in [5.41, 5.74) is 0.143. The van der Waals surface area contributed by atoms with E-state index < -0.39 is 4.92 Å². The Bertz CT molecular complexity index is 370. The van der Waals surface area contributed by atoms with Gasteiger partial charge >= 0.3 is 5.82 Å². The molecule has 0 bridgehead atoms. The molecule has 0 fully saturated rings. The van der Waals surface area contributed by atoms with Gasteiger partial charge in [-0.1, -0.05) is 36.7 Å². The van der Waals surface area contributed by atoms with Crippen LogP contribution in [-0.2, 0) is 6.54 Å². The van der Waals surface area contributed by atoms with Crippen LogP contribution in [0.1, 0.15) is 20.8 Å². The minimum Gasteiger partial charge on any atom is -0.358 e. The maximum Gasteiger partial charge on any atom is 0.389 e. The minimum absolute atomic E-state index is 0.0952. The Morgan fingerprint density at radius 3 is 2.62 bits per heavy atom. The molecule has 6 heteroatoms. The zero-order valence-electron chi connectivity index (χ0n) is 9.68. The van der Waals surface area contributed by atoms with Crippen molar-refractivity contribution in [1.29, 1.82) is 0 Å². The van der Waals surface area contributed by atoms with E-state index in [1.807, 2.05) is 0 Å². The van der Waals surface area contributed by atoms with Crippen LogP contribution in [0.5, 0.6) is 0 Å². The molecule has 0 amide bonds. The molecule has 16 heavy (non-hydrogen) atoms. The lowest BCUT2D eigenvalue weighted by atomic mass is 9.82. The summed E-state index contributed by atoms with van der Waals surface area (Å²) in [6.45, 7) is 7.13. The highest BCUT2D eigenvalue weighted by Crippen LogP contribution is 2.28. The quantitative estimate of drug-likeness (QED) is 0.486. The van der Waals surface area contributed by atoms with Gasteiger partial charge in [-0.2, -0.15) is 4.68 Å². The Balaban J connectivity index is 2.75. The fourth-order valence-corrected chi connectivity index (χ4v) is 2.51. The second-order valence-electron chi connectivity index (χ2n) is 4.87. The number of rotatable bonds is 4. The van der Waals surface area contributed by atoms with Gasteiger partial charge < -0.3 is 10.1 Å². The molecule has 1 heterocycles. The van der Waals surface area contributed by atoms with E-state index in [0.717, 1.165) is 5.33 Å². The van der Waals surface area contributed by atoms with Crippen LogP contribution in [0.15, 0.2) is 12.3 Å². The maximum absolute atomic E-state index is 10.5. The molecule has 0 aliphatic heterocycles. The lowest BCUT2D eigenvalue weighted by Gasteiger charge is -2.28. The third kappa shape index (κ3) is 3.30. The number of aromatic nitrogens is 2. The monoisotopic (exact) mass is 289 g/mol. The van der Waals surface area contributed by atoms with Gasteiger partial charge in [0.05, 0.1) is 23.9 Å². The highest BCUT2D eigenvalue weighted by Gasteiger charge is 2.25. The molecular weight excluding hydrogens is 274 g/mol. The SMILES string of the molecule is CC(C)(C)C(CBr)Cn1ccc([N+](=O)[O-])n1. The van der Waals surface area contributed by atoms with Gasteiger partial charge in [-0.05, 0) is 16.3 Å². The molecule has 0 N–H and O–H groups in total. The van der Waals surface area contributed by atoms with E-state index in [1.165, 1.54) is 6.07 Å². The van der Waals surface area contributed by atoms with Crippen molar-refractivity contribution in [2.75, 3.05) is 5.33 Å². The number of hydrogen-bond acceptors (Lipinski definition) is 3. The van der Waals surface area contributed by atoms with Crippen LogP contribution >= 0.6 is 15.9 Å². The molecular formula is C10H16BrN3O2. The molecule has 0 saturated heterocycles. The van der Waals surface area contributed by atoms with Gasteiger partial charge in [0.25, 0.3) is 0 Å². The predicted molar refractivity (Wildman–Crippen MR) is 65.6 cm³/mol. The Labute approximate surface area is 103 Å². The topological polar surface area (TPSA) is 61.0 Å². The van der Waals surface area contributed by atoms with Gasteiger partial charge in [0.1, 0.15) is 0 Å². The largest absolute Gasteiger partial charge is 0.389 e. The molecule has 90 valence electrons. The number of alkyl halides is 1. The molecule has 0 aromatic carbocycles. The molecule has 0 saturated carbocycles. The van der Waals surface area contributed by atoms with Gasteiger partial charge in [0.15, 0.2) is 0 Å². The van der Waals surface area contributed by atoms with Crippen molar-refractivity contribution in [3.05, 3.63) is 22.4 Å². The van der Waals surface area contributed by atoms with Gasteiger partial charge in [-0.25, -0.2) is 0 Å². The molecule has 0 aliphatic rings. The number of halogens is 1. The molecule has 1 aromatic heterocycles. The molecule has 1 atom stereocenters. The standard InChI is InChI=1S/C10H16BrN3O2/c1-10(2,3)8(6-11)7-13-5-4-9(12-13)14(15)16/h4-5,8H,6-7H2,1-3H3.